The van der Waals surface area contributed by atoms with Crippen molar-refractivity contribution >= 4 is 28.5 Å². The van der Waals surface area contributed by atoms with Gasteiger partial charge in [0, 0.05) is 29.1 Å². The van der Waals surface area contributed by atoms with E-state index in [-0.39, 0.29) is 0 Å². The van der Waals surface area contributed by atoms with Crippen molar-refractivity contribution in [3.05, 3.63) is 16.0 Å². The second kappa shape index (κ2) is 5.27. The summed E-state index contributed by atoms with van der Waals surface area (Å²) in [6, 6.07) is 0. The molecule has 2 heterocycles. The van der Waals surface area contributed by atoms with Crippen molar-refractivity contribution in [2.75, 3.05) is 24.5 Å². The van der Waals surface area contributed by atoms with Crippen LogP contribution >= 0.6 is 22.6 Å². The number of aromatic nitrogens is 2. The van der Waals surface area contributed by atoms with E-state index in [1.165, 1.54) is 6.42 Å². The van der Waals surface area contributed by atoms with Gasteiger partial charge in [0.2, 0.25) is 5.95 Å². The molecule has 1 aromatic heterocycles. The number of rotatable bonds is 2. The van der Waals surface area contributed by atoms with Crippen LogP contribution in [0.1, 0.15) is 13.3 Å². The van der Waals surface area contributed by atoms with E-state index < -0.39 is 0 Å². The molecule has 0 bridgehead atoms. The van der Waals surface area contributed by atoms with Crippen molar-refractivity contribution in [2.24, 2.45) is 17.6 Å². The largest absolute Gasteiger partial charge is 0.340 e. The Morgan fingerprint density at radius 1 is 1.50 bits per heavy atom. The standard InChI is InChI=1S/C11H17IN4/c1-8-2-3-16(7-9(8)4-13)11-14-5-10(12)6-15-11/h5-6,8-9H,2-4,7,13H2,1H3. The molecule has 1 aliphatic heterocycles. The van der Waals surface area contributed by atoms with Gasteiger partial charge in [-0.2, -0.15) is 0 Å². The maximum absolute atomic E-state index is 5.79. The Hall–Kier alpha value is -0.430. The van der Waals surface area contributed by atoms with Crippen LogP contribution in [0.2, 0.25) is 0 Å². The van der Waals surface area contributed by atoms with Crippen molar-refractivity contribution in [3.63, 3.8) is 0 Å². The van der Waals surface area contributed by atoms with Crippen LogP contribution in [0, 0.1) is 15.4 Å². The zero-order valence-corrected chi connectivity index (χ0v) is 11.6. The van der Waals surface area contributed by atoms with Gasteiger partial charge >= 0.3 is 0 Å². The van der Waals surface area contributed by atoms with Crippen molar-refractivity contribution in [3.8, 4) is 0 Å². The molecule has 16 heavy (non-hydrogen) atoms. The fourth-order valence-electron chi connectivity index (χ4n) is 2.11. The predicted molar refractivity (Wildman–Crippen MR) is 73.3 cm³/mol. The molecular weight excluding hydrogens is 315 g/mol. The van der Waals surface area contributed by atoms with Gasteiger partial charge in [-0.3, -0.25) is 0 Å². The van der Waals surface area contributed by atoms with E-state index in [2.05, 4.69) is 44.4 Å². The van der Waals surface area contributed by atoms with Crippen LogP contribution in [0.25, 0.3) is 0 Å². The Labute approximate surface area is 110 Å². The van der Waals surface area contributed by atoms with Crippen molar-refractivity contribution in [1.82, 2.24) is 9.97 Å². The summed E-state index contributed by atoms with van der Waals surface area (Å²) in [6.07, 6.45) is 4.90. The molecular formula is C11H17IN4. The molecule has 1 aliphatic rings. The molecule has 1 fully saturated rings. The molecule has 2 unspecified atom stereocenters. The number of nitrogens with zero attached hydrogens (tertiary/aromatic N) is 3. The monoisotopic (exact) mass is 332 g/mol. The quantitative estimate of drug-likeness (QED) is 0.834. The molecule has 0 radical (unpaired) electrons. The van der Waals surface area contributed by atoms with Crippen LogP contribution in [0.15, 0.2) is 12.4 Å². The highest BCUT2D eigenvalue weighted by atomic mass is 127. The van der Waals surface area contributed by atoms with Gasteiger partial charge in [0.1, 0.15) is 0 Å². The Kier molecular flexibility index (Phi) is 3.96. The van der Waals surface area contributed by atoms with Crippen LogP contribution in [-0.4, -0.2) is 29.6 Å². The number of hydrogen-bond donors (Lipinski definition) is 1. The molecule has 2 rings (SSSR count). The first-order valence-corrected chi connectivity index (χ1v) is 6.71. The number of piperidine rings is 1. The lowest BCUT2D eigenvalue weighted by atomic mass is 9.87. The molecule has 4 nitrogen and oxygen atoms in total. The highest BCUT2D eigenvalue weighted by Crippen LogP contribution is 2.24. The van der Waals surface area contributed by atoms with Gasteiger partial charge in [-0.25, -0.2) is 9.97 Å². The number of anilines is 1. The van der Waals surface area contributed by atoms with Gasteiger partial charge in [-0.05, 0) is 47.4 Å². The molecule has 0 amide bonds. The average molecular weight is 332 g/mol. The summed E-state index contributed by atoms with van der Waals surface area (Å²) in [6.45, 7) is 5.06. The fraction of sp³-hybridized carbons (Fsp3) is 0.636. The molecule has 1 saturated heterocycles. The molecule has 0 aliphatic carbocycles. The van der Waals surface area contributed by atoms with Crippen LogP contribution in [0.3, 0.4) is 0 Å². The van der Waals surface area contributed by atoms with Crippen LogP contribution in [0.4, 0.5) is 5.95 Å². The third-order valence-electron chi connectivity index (χ3n) is 3.31. The molecule has 5 heteroatoms. The summed E-state index contributed by atoms with van der Waals surface area (Å²) >= 11 is 2.22. The first kappa shape index (κ1) is 12.0. The first-order chi connectivity index (χ1) is 7.70. The zero-order valence-electron chi connectivity index (χ0n) is 9.43. The van der Waals surface area contributed by atoms with Gasteiger partial charge < -0.3 is 10.6 Å². The van der Waals surface area contributed by atoms with E-state index in [1.807, 2.05) is 12.4 Å². The third-order valence-corrected chi connectivity index (χ3v) is 3.86. The Morgan fingerprint density at radius 3 is 2.81 bits per heavy atom. The molecule has 88 valence electrons. The molecule has 0 aromatic carbocycles. The minimum absolute atomic E-state index is 0.566. The molecule has 2 atom stereocenters. The van der Waals surface area contributed by atoms with Crippen molar-refractivity contribution < 1.29 is 0 Å². The second-order valence-electron chi connectivity index (χ2n) is 4.41. The lowest BCUT2D eigenvalue weighted by Gasteiger charge is -2.36. The highest BCUT2D eigenvalue weighted by Gasteiger charge is 2.26. The zero-order chi connectivity index (χ0) is 11.5. The Balaban J connectivity index is 2.08. The summed E-state index contributed by atoms with van der Waals surface area (Å²) < 4.78 is 1.07. The normalized spacial score (nSPS) is 25.8. The Bertz CT molecular complexity index is 340. The minimum atomic E-state index is 0.566. The Morgan fingerprint density at radius 2 is 2.19 bits per heavy atom. The summed E-state index contributed by atoms with van der Waals surface area (Å²) in [4.78, 5) is 11.0. The lowest BCUT2D eigenvalue weighted by Crippen LogP contribution is -2.43. The van der Waals surface area contributed by atoms with Crippen molar-refractivity contribution in [2.45, 2.75) is 13.3 Å². The smallest absolute Gasteiger partial charge is 0.225 e. The first-order valence-electron chi connectivity index (χ1n) is 5.63. The van der Waals surface area contributed by atoms with E-state index >= 15 is 0 Å². The summed E-state index contributed by atoms with van der Waals surface area (Å²) in [7, 11) is 0. The van der Waals surface area contributed by atoms with Gasteiger partial charge in [-0.15, -0.1) is 0 Å². The predicted octanol–water partition coefficient (Wildman–Crippen LogP) is 1.50. The number of nitrogens with two attached hydrogens (primary N) is 1. The molecule has 0 spiro atoms. The topological polar surface area (TPSA) is 55.0 Å². The van der Waals surface area contributed by atoms with Gasteiger partial charge in [-0.1, -0.05) is 6.92 Å². The SMILES string of the molecule is CC1CCN(c2ncc(I)cn2)CC1CN. The van der Waals surface area contributed by atoms with Gasteiger partial charge in [0.05, 0.1) is 0 Å². The van der Waals surface area contributed by atoms with Gasteiger partial charge in [0.25, 0.3) is 0 Å². The van der Waals surface area contributed by atoms with Crippen LogP contribution < -0.4 is 10.6 Å². The van der Waals surface area contributed by atoms with E-state index in [9.17, 15) is 0 Å². The average Bonchev–Trinajstić information content (AvgIpc) is 2.31. The second-order valence-corrected chi connectivity index (χ2v) is 5.65. The molecule has 0 saturated carbocycles. The van der Waals surface area contributed by atoms with E-state index in [1.54, 1.807) is 0 Å². The number of halogens is 1. The van der Waals surface area contributed by atoms with E-state index in [0.717, 1.165) is 29.2 Å². The maximum atomic E-state index is 5.79. The van der Waals surface area contributed by atoms with E-state index in [0.29, 0.717) is 11.8 Å². The van der Waals surface area contributed by atoms with E-state index in [4.69, 9.17) is 5.73 Å². The van der Waals surface area contributed by atoms with Crippen LogP contribution in [-0.2, 0) is 0 Å². The third kappa shape index (κ3) is 2.63. The minimum Gasteiger partial charge on any atom is -0.340 e. The van der Waals surface area contributed by atoms with Gasteiger partial charge in [0.15, 0.2) is 0 Å². The lowest BCUT2D eigenvalue weighted by molar-refractivity contribution is 0.305. The van der Waals surface area contributed by atoms with Crippen LogP contribution in [0.5, 0.6) is 0 Å². The van der Waals surface area contributed by atoms with Crippen molar-refractivity contribution in [1.29, 1.82) is 0 Å². The number of hydrogen-bond acceptors (Lipinski definition) is 4. The maximum Gasteiger partial charge on any atom is 0.225 e. The summed E-state index contributed by atoms with van der Waals surface area (Å²) in [5.41, 5.74) is 5.79. The summed E-state index contributed by atoms with van der Waals surface area (Å²) in [5.74, 6) is 2.12. The summed E-state index contributed by atoms with van der Waals surface area (Å²) in [5, 5.41) is 0. The molecule has 1 aromatic rings. The highest BCUT2D eigenvalue weighted by molar-refractivity contribution is 14.1. The molecule has 2 N–H and O–H groups in total. The fourth-order valence-corrected chi connectivity index (χ4v) is 2.39.